The Bertz CT molecular complexity index is 2080. The maximum Gasteiger partial charge on any atom is 2.00 e. The van der Waals surface area contributed by atoms with E-state index >= 15 is 0 Å². The van der Waals surface area contributed by atoms with Gasteiger partial charge in [0, 0.05) is 35.3 Å². The molecule has 13 heteroatoms. The smallest absolute Gasteiger partial charge is 0.481 e. The first kappa shape index (κ1) is 49.6. The van der Waals surface area contributed by atoms with E-state index in [4.69, 9.17) is 28.9 Å². The van der Waals surface area contributed by atoms with Crippen LogP contribution in [0.2, 0.25) is 0 Å². The molecule has 6 aromatic rings. The van der Waals surface area contributed by atoms with Crippen LogP contribution in [0.3, 0.4) is 0 Å². The van der Waals surface area contributed by atoms with E-state index in [0.29, 0.717) is 23.5 Å². The molecule has 4 aromatic carbocycles. The zero-order valence-corrected chi connectivity index (χ0v) is 39.1. The third-order valence-electron chi connectivity index (χ3n) is 8.58. The fraction of sp³-hybridized carbons (Fsp3) is 0.167. The molecular formula is C48H50N2O8P2Ru+2. The number of nitrogens with zero attached hydrogens (tertiary/aromatic N) is 2. The normalized spacial score (nSPS) is 10.1. The van der Waals surface area contributed by atoms with E-state index in [1.165, 1.54) is 48.9 Å². The van der Waals surface area contributed by atoms with Gasteiger partial charge in [-0.2, -0.15) is 9.97 Å². The minimum Gasteiger partial charge on any atom is -0.481 e. The quantitative estimate of drug-likeness (QED) is 0.0532. The Balaban J connectivity index is 0.000000570. The van der Waals surface area contributed by atoms with Gasteiger partial charge in [-0.3, -0.25) is 12.8 Å². The van der Waals surface area contributed by atoms with Crippen LogP contribution in [0.1, 0.15) is 27.7 Å². The Morgan fingerprint density at radius 2 is 0.672 bits per heavy atom. The van der Waals surface area contributed by atoms with Crippen molar-refractivity contribution in [2.24, 2.45) is 0 Å². The molecule has 2 aromatic heterocycles. The van der Waals surface area contributed by atoms with Crippen molar-refractivity contribution in [2.75, 3.05) is 28.4 Å². The summed E-state index contributed by atoms with van der Waals surface area (Å²) in [4.78, 5) is 49.6. The summed E-state index contributed by atoms with van der Waals surface area (Å²) < 4.78 is 23.8. The van der Waals surface area contributed by atoms with Gasteiger partial charge in [0.1, 0.15) is 31.8 Å². The Kier molecular flexibility index (Phi) is 20.5. The second kappa shape index (κ2) is 25.1. The van der Waals surface area contributed by atoms with Crippen LogP contribution in [-0.4, -0.2) is 61.5 Å². The Labute approximate surface area is 373 Å². The average Bonchev–Trinajstić information content (AvgIpc) is 3.24. The number of methoxy groups -OCH3 is 4. The SMILES string of the molecule is CC(=O)[CH-]C(C)=O.CC(=O)[CH-]C(C)=O.COc1cc([PH+](c2ccccc2)c2ccccc2)c(-c2c([PH+](c3ccccc3)c3ccccc3)cc(OC)nc2OC)c(OC)n1.[Ru+2]. The molecule has 0 N–H and O–H groups in total. The summed E-state index contributed by atoms with van der Waals surface area (Å²) in [5, 5.41) is 6.98. The van der Waals surface area contributed by atoms with E-state index in [-0.39, 0.29) is 42.6 Å². The molecule has 0 saturated heterocycles. The maximum atomic E-state index is 9.98. The van der Waals surface area contributed by atoms with Gasteiger partial charge in [0.2, 0.25) is 23.5 Å². The number of carbonyl (C=O) groups excluding carboxylic acids is 4. The van der Waals surface area contributed by atoms with Gasteiger partial charge >= 0.3 is 19.5 Å². The molecule has 0 saturated carbocycles. The van der Waals surface area contributed by atoms with Crippen LogP contribution >= 0.6 is 15.8 Å². The Hall–Kier alpha value is -5.72. The molecule has 316 valence electrons. The van der Waals surface area contributed by atoms with Gasteiger partial charge in [0.05, 0.1) is 55.4 Å². The van der Waals surface area contributed by atoms with Crippen molar-refractivity contribution in [1.29, 1.82) is 0 Å². The number of ketones is 4. The zero-order valence-electron chi connectivity index (χ0n) is 35.4. The summed E-state index contributed by atoms with van der Waals surface area (Å²) in [7, 11) is 3.30. The summed E-state index contributed by atoms with van der Waals surface area (Å²) in [6, 6.07) is 46.5. The van der Waals surface area contributed by atoms with E-state index in [9.17, 15) is 19.2 Å². The molecule has 0 amide bonds. The van der Waals surface area contributed by atoms with Crippen LogP contribution in [0.15, 0.2) is 133 Å². The van der Waals surface area contributed by atoms with Gasteiger partial charge in [-0.15, -0.1) is 0 Å². The summed E-state index contributed by atoms with van der Waals surface area (Å²) in [5.41, 5.74) is 1.67. The van der Waals surface area contributed by atoms with Gasteiger partial charge in [-0.1, -0.05) is 72.8 Å². The van der Waals surface area contributed by atoms with Crippen LogP contribution in [0.4, 0.5) is 0 Å². The van der Waals surface area contributed by atoms with Crippen molar-refractivity contribution in [1.82, 2.24) is 9.97 Å². The summed E-state index contributed by atoms with van der Waals surface area (Å²) >= 11 is 0. The number of Topliss-reactive ketones (excluding diaryl/α,β-unsaturated/α-hetero) is 4. The van der Waals surface area contributed by atoms with Crippen LogP contribution in [0, 0.1) is 12.8 Å². The van der Waals surface area contributed by atoms with E-state index in [0.717, 1.165) is 34.6 Å². The second-order valence-electron chi connectivity index (χ2n) is 13.1. The van der Waals surface area contributed by atoms with Crippen molar-refractivity contribution in [3.05, 3.63) is 146 Å². The first-order chi connectivity index (χ1) is 28.9. The maximum absolute atomic E-state index is 9.98. The minimum atomic E-state index is -1.63. The third-order valence-corrected chi connectivity index (χ3v) is 14.1. The van der Waals surface area contributed by atoms with Gasteiger partial charge in [0.15, 0.2) is 0 Å². The van der Waals surface area contributed by atoms with Crippen molar-refractivity contribution in [2.45, 2.75) is 27.7 Å². The van der Waals surface area contributed by atoms with Gasteiger partial charge in [-0.05, 0) is 76.2 Å². The van der Waals surface area contributed by atoms with E-state index in [1.807, 2.05) is 24.3 Å². The molecule has 0 unspecified atom stereocenters. The molecule has 61 heavy (non-hydrogen) atoms. The summed E-state index contributed by atoms with van der Waals surface area (Å²) in [5.74, 6) is 1.09. The zero-order chi connectivity index (χ0) is 43.6. The number of aromatic nitrogens is 2. The molecule has 0 bridgehead atoms. The number of carbonyl (C=O) groups is 4. The molecule has 0 spiro atoms. The standard InChI is InChI=1S/C38H34N2O4P2.2C5H7O2.Ru/c1-41-33-25-31(45(27-17-9-5-10-18-27)28-19-11-6-12-20-28)35(37(39-33)43-3)36-32(26-34(42-2)40-38(36)44-4)46(29-21-13-7-14-22-29)30-23-15-8-16-24-30;2*1-4(6)3-5(2)7;/h5-26H,1-4H3;2*3H,1-2H3;/q;2*-1;+2/p+2. The van der Waals surface area contributed by atoms with Gasteiger partial charge in [0.25, 0.3) is 0 Å². The van der Waals surface area contributed by atoms with Crippen molar-refractivity contribution in [3.8, 4) is 34.6 Å². The van der Waals surface area contributed by atoms with Crippen LogP contribution < -0.4 is 50.8 Å². The molecule has 0 radical (unpaired) electrons. The average molecular weight is 946 g/mol. The number of ether oxygens (including phenoxy) is 4. The van der Waals surface area contributed by atoms with E-state index < -0.39 is 15.8 Å². The summed E-state index contributed by atoms with van der Waals surface area (Å²) in [6.45, 7) is 5.39. The van der Waals surface area contributed by atoms with E-state index in [2.05, 4.69) is 109 Å². The largest absolute Gasteiger partial charge is 2.00 e. The minimum absolute atomic E-state index is 0. The first-order valence-electron chi connectivity index (χ1n) is 18.9. The predicted octanol–water partition coefficient (Wildman–Crippen LogP) is 5.89. The topological polar surface area (TPSA) is 131 Å². The van der Waals surface area contributed by atoms with Crippen molar-refractivity contribution < 1.29 is 57.6 Å². The molecule has 2 heterocycles. The Morgan fingerprint density at radius 1 is 0.426 bits per heavy atom. The van der Waals surface area contributed by atoms with Crippen LogP contribution in [0.25, 0.3) is 11.1 Å². The Morgan fingerprint density at radius 3 is 0.852 bits per heavy atom. The molecule has 0 atom stereocenters. The fourth-order valence-corrected chi connectivity index (χ4v) is 11.8. The number of benzene rings is 4. The molecule has 0 aliphatic heterocycles. The first-order valence-corrected chi connectivity index (χ1v) is 21.9. The monoisotopic (exact) mass is 946 g/mol. The van der Waals surface area contributed by atoms with Crippen LogP contribution in [-0.2, 0) is 38.7 Å². The molecule has 0 aliphatic rings. The number of pyridine rings is 2. The second-order valence-corrected chi connectivity index (χ2v) is 18.0. The van der Waals surface area contributed by atoms with E-state index in [1.54, 1.807) is 28.4 Å². The molecule has 10 nitrogen and oxygen atoms in total. The van der Waals surface area contributed by atoms with Gasteiger partial charge in [-0.25, -0.2) is 0 Å². The molecular weight excluding hydrogens is 896 g/mol. The molecule has 0 aliphatic carbocycles. The van der Waals surface area contributed by atoms with Gasteiger partial charge < -0.3 is 38.1 Å². The molecule has 6 rings (SSSR count). The van der Waals surface area contributed by atoms with Crippen LogP contribution in [0.5, 0.6) is 23.5 Å². The third kappa shape index (κ3) is 14.2. The fourth-order valence-electron chi connectivity index (χ4n) is 6.33. The summed E-state index contributed by atoms with van der Waals surface area (Å²) in [6.07, 6.45) is 2.11. The van der Waals surface area contributed by atoms with Crippen molar-refractivity contribution >= 4 is 70.8 Å². The van der Waals surface area contributed by atoms with Crippen molar-refractivity contribution in [3.63, 3.8) is 0 Å². The predicted molar refractivity (Wildman–Crippen MR) is 245 cm³/mol. The molecule has 0 fully saturated rings. The number of hydrogen-bond acceptors (Lipinski definition) is 10. The number of rotatable bonds is 15. The number of hydrogen-bond donors (Lipinski definition) is 0.